The van der Waals surface area contributed by atoms with Gasteiger partial charge in [0.1, 0.15) is 6.54 Å². The van der Waals surface area contributed by atoms with Gasteiger partial charge in [0.15, 0.2) is 6.61 Å². The zero-order valence-corrected chi connectivity index (χ0v) is 14.2. The molecule has 6 nitrogen and oxygen atoms in total. The zero-order chi connectivity index (χ0) is 17.5. The lowest BCUT2D eigenvalue weighted by atomic mass is 10.0. The first-order chi connectivity index (χ1) is 11.5. The number of nitrogens with one attached hydrogen (secondary N) is 1. The molecular weight excluding hydrogens is 308 g/mol. The van der Waals surface area contributed by atoms with Crippen LogP contribution >= 0.6 is 0 Å². The van der Waals surface area contributed by atoms with E-state index < -0.39 is 5.97 Å². The molecule has 1 aliphatic rings. The van der Waals surface area contributed by atoms with Crippen molar-refractivity contribution in [3.63, 3.8) is 0 Å². The third-order valence-corrected chi connectivity index (χ3v) is 4.15. The van der Waals surface area contributed by atoms with Gasteiger partial charge in [-0.25, -0.2) is 0 Å². The quantitative estimate of drug-likeness (QED) is 0.832. The molecule has 1 aromatic rings. The lowest BCUT2D eigenvalue weighted by molar-refractivity contribution is -0.152. The zero-order valence-electron chi connectivity index (χ0n) is 14.2. The number of carbonyl (C=O) groups is 3. The molecule has 0 spiro atoms. The SMILES string of the molecule is Cc1cccc(C(=O)NCC(=O)OCC(=O)N2CCCC[C@H]2C)c1. The number of nitrogens with zero attached hydrogens (tertiary/aromatic N) is 1. The Balaban J connectivity index is 1.73. The standard InChI is InChI=1S/C18H24N2O4/c1-13-6-5-8-15(10-13)18(23)19-11-17(22)24-12-16(21)20-9-4-3-7-14(20)2/h5-6,8,10,14H,3-4,7,9,11-12H2,1-2H3,(H,19,23)/t14-/m1/s1. The van der Waals surface area contributed by atoms with Gasteiger partial charge in [0.05, 0.1) is 0 Å². The highest BCUT2D eigenvalue weighted by Crippen LogP contribution is 2.16. The fraction of sp³-hybridized carbons (Fsp3) is 0.500. The molecule has 1 N–H and O–H groups in total. The molecule has 24 heavy (non-hydrogen) atoms. The molecule has 2 amide bonds. The number of hydrogen-bond donors (Lipinski definition) is 1. The molecule has 2 rings (SSSR count). The molecule has 130 valence electrons. The summed E-state index contributed by atoms with van der Waals surface area (Å²) in [5.41, 5.74) is 1.45. The van der Waals surface area contributed by atoms with Gasteiger partial charge >= 0.3 is 5.97 Å². The average molecular weight is 332 g/mol. The highest BCUT2D eigenvalue weighted by Gasteiger charge is 2.23. The van der Waals surface area contributed by atoms with Crippen LogP contribution in [0.4, 0.5) is 0 Å². The Kier molecular flexibility index (Phi) is 6.35. The summed E-state index contributed by atoms with van der Waals surface area (Å²) in [6.45, 7) is 4.07. The average Bonchev–Trinajstić information content (AvgIpc) is 2.58. The van der Waals surface area contributed by atoms with Gasteiger partial charge in [0.25, 0.3) is 11.8 Å². The van der Waals surface area contributed by atoms with Gasteiger partial charge in [-0.15, -0.1) is 0 Å². The van der Waals surface area contributed by atoms with Crippen molar-refractivity contribution in [1.29, 1.82) is 0 Å². The Morgan fingerprint density at radius 2 is 2.08 bits per heavy atom. The third-order valence-electron chi connectivity index (χ3n) is 4.15. The smallest absolute Gasteiger partial charge is 0.325 e. The van der Waals surface area contributed by atoms with E-state index >= 15 is 0 Å². The molecule has 1 saturated heterocycles. The summed E-state index contributed by atoms with van der Waals surface area (Å²) >= 11 is 0. The molecule has 1 atom stereocenters. The number of benzene rings is 1. The third kappa shape index (κ3) is 5.08. The minimum absolute atomic E-state index is 0.180. The van der Waals surface area contributed by atoms with Gasteiger partial charge in [-0.2, -0.15) is 0 Å². The van der Waals surface area contributed by atoms with Crippen molar-refractivity contribution < 1.29 is 19.1 Å². The van der Waals surface area contributed by atoms with Crippen molar-refractivity contribution in [2.75, 3.05) is 19.7 Å². The minimum atomic E-state index is -0.617. The summed E-state index contributed by atoms with van der Waals surface area (Å²) in [4.78, 5) is 37.5. The second kappa shape index (κ2) is 8.47. The maximum absolute atomic E-state index is 12.1. The molecule has 0 radical (unpaired) electrons. The highest BCUT2D eigenvalue weighted by atomic mass is 16.5. The van der Waals surface area contributed by atoms with Crippen LogP contribution in [0.15, 0.2) is 24.3 Å². The van der Waals surface area contributed by atoms with Crippen LogP contribution in [-0.2, 0) is 14.3 Å². The fourth-order valence-corrected chi connectivity index (χ4v) is 2.79. The Morgan fingerprint density at radius 1 is 1.29 bits per heavy atom. The molecule has 0 aromatic heterocycles. The Morgan fingerprint density at radius 3 is 2.79 bits per heavy atom. The van der Waals surface area contributed by atoms with Crippen LogP contribution in [0.1, 0.15) is 42.1 Å². The molecule has 0 bridgehead atoms. The van der Waals surface area contributed by atoms with Gasteiger partial charge in [-0.3, -0.25) is 14.4 Å². The maximum atomic E-state index is 12.1. The van der Waals surface area contributed by atoms with Gasteiger partial charge in [0.2, 0.25) is 0 Å². The summed E-state index contributed by atoms with van der Waals surface area (Å²) in [5, 5.41) is 2.50. The molecule has 0 aliphatic carbocycles. The lowest BCUT2D eigenvalue weighted by Gasteiger charge is -2.33. The van der Waals surface area contributed by atoms with Crippen LogP contribution in [-0.4, -0.2) is 48.4 Å². The Labute approximate surface area is 142 Å². The van der Waals surface area contributed by atoms with E-state index in [0.717, 1.165) is 24.8 Å². The van der Waals surface area contributed by atoms with E-state index in [2.05, 4.69) is 5.32 Å². The first kappa shape index (κ1) is 18.0. The second-order valence-corrected chi connectivity index (χ2v) is 6.14. The fourth-order valence-electron chi connectivity index (χ4n) is 2.79. The molecule has 0 saturated carbocycles. The number of rotatable bonds is 5. The number of piperidine rings is 1. The van der Waals surface area contributed by atoms with E-state index in [9.17, 15) is 14.4 Å². The van der Waals surface area contributed by atoms with E-state index in [1.54, 1.807) is 23.1 Å². The number of aryl methyl sites for hydroxylation is 1. The van der Waals surface area contributed by atoms with E-state index in [4.69, 9.17) is 4.74 Å². The molecule has 0 unspecified atom stereocenters. The molecule has 1 aromatic carbocycles. The van der Waals surface area contributed by atoms with Crippen LogP contribution in [0.3, 0.4) is 0 Å². The monoisotopic (exact) mass is 332 g/mol. The highest BCUT2D eigenvalue weighted by molar-refractivity contribution is 5.96. The molecule has 6 heteroatoms. The van der Waals surface area contributed by atoms with Crippen molar-refractivity contribution in [2.24, 2.45) is 0 Å². The van der Waals surface area contributed by atoms with Crippen molar-refractivity contribution >= 4 is 17.8 Å². The van der Waals surface area contributed by atoms with Crippen molar-refractivity contribution in [1.82, 2.24) is 10.2 Å². The number of carbonyl (C=O) groups excluding carboxylic acids is 3. The second-order valence-electron chi connectivity index (χ2n) is 6.14. The predicted molar refractivity (Wildman–Crippen MR) is 89.5 cm³/mol. The van der Waals surface area contributed by atoms with Crippen LogP contribution in [0.25, 0.3) is 0 Å². The minimum Gasteiger partial charge on any atom is -0.454 e. The number of ether oxygens (including phenoxy) is 1. The van der Waals surface area contributed by atoms with Crippen LogP contribution in [0.5, 0.6) is 0 Å². The molecular formula is C18H24N2O4. The summed E-state index contributed by atoms with van der Waals surface area (Å²) in [6.07, 6.45) is 3.08. The molecule has 1 heterocycles. The predicted octanol–water partition coefficient (Wildman–Crippen LogP) is 1.67. The Bertz CT molecular complexity index is 615. The van der Waals surface area contributed by atoms with Crippen LogP contribution in [0, 0.1) is 6.92 Å². The molecule has 1 fully saturated rings. The van der Waals surface area contributed by atoms with E-state index in [-0.39, 0.29) is 31.0 Å². The number of hydrogen-bond acceptors (Lipinski definition) is 4. The van der Waals surface area contributed by atoms with E-state index in [0.29, 0.717) is 12.1 Å². The van der Waals surface area contributed by atoms with E-state index in [1.807, 2.05) is 19.9 Å². The topological polar surface area (TPSA) is 75.7 Å². The number of likely N-dealkylation sites (tertiary alicyclic amines) is 1. The van der Waals surface area contributed by atoms with Crippen LogP contribution in [0.2, 0.25) is 0 Å². The number of esters is 1. The summed E-state index contributed by atoms with van der Waals surface area (Å²) in [6, 6.07) is 7.27. The summed E-state index contributed by atoms with van der Waals surface area (Å²) in [7, 11) is 0. The lowest BCUT2D eigenvalue weighted by Crippen LogP contribution is -2.44. The molecule has 1 aliphatic heterocycles. The summed E-state index contributed by atoms with van der Waals surface area (Å²) < 4.78 is 4.97. The van der Waals surface area contributed by atoms with Gasteiger partial charge in [-0.1, -0.05) is 17.7 Å². The van der Waals surface area contributed by atoms with Gasteiger partial charge in [-0.05, 0) is 45.2 Å². The largest absolute Gasteiger partial charge is 0.454 e. The first-order valence-corrected chi connectivity index (χ1v) is 8.27. The Hall–Kier alpha value is -2.37. The summed E-state index contributed by atoms with van der Waals surface area (Å²) in [5.74, 6) is -1.14. The number of amides is 2. The van der Waals surface area contributed by atoms with Crippen molar-refractivity contribution in [2.45, 2.75) is 39.2 Å². The first-order valence-electron chi connectivity index (χ1n) is 8.27. The van der Waals surface area contributed by atoms with Crippen molar-refractivity contribution in [3.8, 4) is 0 Å². The maximum Gasteiger partial charge on any atom is 0.325 e. The van der Waals surface area contributed by atoms with Gasteiger partial charge in [0, 0.05) is 18.2 Å². The van der Waals surface area contributed by atoms with E-state index in [1.165, 1.54) is 0 Å². The van der Waals surface area contributed by atoms with Gasteiger partial charge < -0.3 is 15.0 Å². The van der Waals surface area contributed by atoms with Crippen LogP contribution < -0.4 is 5.32 Å². The van der Waals surface area contributed by atoms with Crippen molar-refractivity contribution in [3.05, 3.63) is 35.4 Å². The normalized spacial score (nSPS) is 17.2.